The number of carboxylic acids is 1. The smallest absolute Gasteiger partial charge is 0.303 e. The fourth-order valence-electron chi connectivity index (χ4n) is 2.79. The topological polar surface area (TPSA) is 54.6 Å². The Kier molecular flexibility index (Phi) is 4.15. The molecule has 0 saturated carbocycles. The number of hydrogen-bond acceptors (Lipinski definition) is 2. The summed E-state index contributed by atoms with van der Waals surface area (Å²) in [7, 11) is 0. The van der Waals surface area contributed by atoms with Gasteiger partial charge < -0.3 is 9.51 Å². The number of imidazole rings is 1. The summed E-state index contributed by atoms with van der Waals surface area (Å²) in [6.45, 7) is 4.16. The van der Waals surface area contributed by atoms with Crippen molar-refractivity contribution in [3.05, 3.63) is 59.4 Å². The van der Waals surface area contributed by atoms with E-state index in [2.05, 4.69) is 31.2 Å². The molecule has 0 aliphatic rings. The lowest BCUT2D eigenvalue weighted by Gasteiger charge is -2.05. The minimum Gasteiger partial charge on any atom is -0.481 e. The molecule has 0 radical (unpaired) electrons. The van der Waals surface area contributed by atoms with E-state index in [9.17, 15) is 4.79 Å². The lowest BCUT2D eigenvalue weighted by atomic mass is 10.0. The van der Waals surface area contributed by atoms with Gasteiger partial charge in [0.25, 0.3) is 0 Å². The Labute approximate surface area is 135 Å². The highest BCUT2D eigenvalue weighted by atomic mass is 16.4. The molecule has 0 fully saturated rings. The molecule has 0 saturated heterocycles. The maximum atomic E-state index is 11.0. The highest BCUT2D eigenvalue weighted by Gasteiger charge is 2.15. The molecule has 0 bridgehead atoms. The van der Waals surface area contributed by atoms with Crippen molar-refractivity contribution in [3.8, 4) is 11.3 Å². The van der Waals surface area contributed by atoms with Gasteiger partial charge in [0.15, 0.2) is 0 Å². The van der Waals surface area contributed by atoms with Crippen LogP contribution in [0, 0.1) is 6.92 Å². The van der Waals surface area contributed by atoms with Crippen molar-refractivity contribution in [2.75, 3.05) is 0 Å². The summed E-state index contributed by atoms with van der Waals surface area (Å²) in [5.41, 5.74) is 6.13. The van der Waals surface area contributed by atoms with Gasteiger partial charge in [-0.2, -0.15) is 0 Å². The summed E-state index contributed by atoms with van der Waals surface area (Å²) in [4.78, 5) is 15.7. The van der Waals surface area contributed by atoms with Crippen LogP contribution >= 0.6 is 0 Å². The van der Waals surface area contributed by atoms with Gasteiger partial charge in [-0.25, -0.2) is 4.98 Å². The lowest BCUT2D eigenvalue weighted by Crippen LogP contribution is -2.01. The number of nitrogens with zero attached hydrogens (tertiary/aromatic N) is 2. The number of rotatable bonds is 5. The molecule has 0 aliphatic carbocycles. The van der Waals surface area contributed by atoms with E-state index in [-0.39, 0.29) is 6.42 Å². The first-order valence-corrected chi connectivity index (χ1v) is 7.87. The van der Waals surface area contributed by atoms with E-state index in [0.29, 0.717) is 6.42 Å². The van der Waals surface area contributed by atoms with Crippen LogP contribution in [0.3, 0.4) is 0 Å². The summed E-state index contributed by atoms with van der Waals surface area (Å²) in [5, 5.41) is 9.03. The van der Waals surface area contributed by atoms with E-state index in [4.69, 9.17) is 10.1 Å². The third-order valence-electron chi connectivity index (χ3n) is 4.09. The van der Waals surface area contributed by atoms with Gasteiger partial charge in [0.1, 0.15) is 5.65 Å². The van der Waals surface area contributed by atoms with Crippen LogP contribution in [0.2, 0.25) is 0 Å². The molecule has 0 aliphatic heterocycles. The Morgan fingerprint density at radius 1 is 1.22 bits per heavy atom. The predicted octanol–water partition coefficient (Wildman–Crippen LogP) is 3.89. The van der Waals surface area contributed by atoms with Gasteiger partial charge in [-0.05, 0) is 36.6 Å². The molecule has 0 unspecified atom stereocenters. The van der Waals surface area contributed by atoms with Gasteiger partial charge in [0, 0.05) is 18.2 Å². The Hall–Kier alpha value is -2.62. The Bertz CT molecular complexity index is 848. The summed E-state index contributed by atoms with van der Waals surface area (Å²) < 4.78 is 2.00. The van der Waals surface area contributed by atoms with Crippen LogP contribution in [0.15, 0.2) is 42.6 Å². The van der Waals surface area contributed by atoms with Crippen molar-refractivity contribution < 1.29 is 9.90 Å². The standard InChI is InChI=1S/C19H20N2O2/c1-3-14-4-6-15(7-5-14)19-16(8-9-18(22)23)21-11-10-13(2)12-17(21)20-19/h4-7,10-12H,3,8-9H2,1-2H3,(H,22,23). The first kappa shape index (κ1) is 15.3. The van der Waals surface area contributed by atoms with Gasteiger partial charge in [0.2, 0.25) is 0 Å². The van der Waals surface area contributed by atoms with E-state index < -0.39 is 5.97 Å². The van der Waals surface area contributed by atoms with Gasteiger partial charge in [0.05, 0.1) is 17.8 Å². The minimum atomic E-state index is -0.792. The normalized spacial score (nSPS) is 11.0. The molecule has 4 nitrogen and oxygen atoms in total. The van der Waals surface area contributed by atoms with Gasteiger partial charge in [-0.15, -0.1) is 0 Å². The summed E-state index contributed by atoms with van der Waals surface area (Å²) >= 11 is 0. The van der Waals surface area contributed by atoms with Crippen molar-refractivity contribution in [3.63, 3.8) is 0 Å². The first-order valence-electron chi connectivity index (χ1n) is 7.87. The molecule has 2 heterocycles. The van der Waals surface area contributed by atoms with Crippen molar-refractivity contribution >= 4 is 11.6 Å². The third kappa shape index (κ3) is 3.11. The van der Waals surface area contributed by atoms with Crippen LogP contribution in [0.4, 0.5) is 0 Å². The average Bonchev–Trinajstić information content (AvgIpc) is 2.90. The number of aryl methyl sites for hydroxylation is 3. The molecule has 4 heteroatoms. The molecule has 3 aromatic rings. The number of aliphatic carboxylic acids is 1. The van der Waals surface area contributed by atoms with E-state index in [1.807, 2.05) is 29.7 Å². The fraction of sp³-hybridized carbons (Fsp3) is 0.263. The van der Waals surface area contributed by atoms with Crippen molar-refractivity contribution in [1.82, 2.24) is 9.38 Å². The molecule has 3 rings (SSSR count). The second-order valence-corrected chi connectivity index (χ2v) is 5.78. The van der Waals surface area contributed by atoms with Crippen LogP contribution in [0.25, 0.3) is 16.9 Å². The molecule has 1 aromatic carbocycles. The number of carbonyl (C=O) groups is 1. The number of fused-ring (bicyclic) bond motifs is 1. The minimum absolute atomic E-state index is 0.0989. The van der Waals surface area contributed by atoms with E-state index in [1.54, 1.807) is 0 Å². The molecule has 0 amide bonds. The van der Waals surface area contributed by atoms with Crippen LogP contribution < -0.4 is 0 Å². The molecular formula is C19H20N2O2. The second kappa shape index (κ2) is 6.24. The van der Waals surface area contributed by atoms with Crippen molar-refractivity contribution in [2.45, 2.75) is 33.1 Å². The number of carboxylic acid groups (broad SMARTS) is 1. The highest BCUT2D eigenvalue weighted by molar-refractivity contribution is 5.70. The van der Waals surface area contributed by atoms with Crippen LogP contribution in [0.5, 0.6) is 0 Å². The monoisotopic (exact) mass is 308 g/mol. The van der Waals surface area contributed by atoms with E-state index in [0.717, 1.165) is 34.6 Å². The lowest BCUT2D eigenvalue weighted by molar-refractivity contribution is -0.136. The molecule has 1 N–H and O–H groups in total. The largest absolute Gasteiger partial charge is 0.481 e. The third-order valence-corrected chi connectivity index (χ3v) is 4.09. The van der Waals surface area contributed by atoms with Gasteiger partial charge >= 0.3 is 5.97 Å². The molecule has 0 spiro atoms. The summed E-state index contributed by atoms with van der Waals surface area (Å²) in [6, 6.07) is 12.4. The first-order chi connectivity index (χ1) is 11.1. The Balaban J connectivity index is 2.12. The van der Waals surface area contributed by atoms with Crippen molar-refractivity contribution in [2.24, 2.45) is 0 Å². The number of aromatic nitrogens is 2. The van der Waals surface area contributed by atoms with E-state index in [1.165, 1.54) is 5.56 Å². The molecule has 23 heavy (non-hydrogen) atoms. The van der Waals surface area contributed by atoms with Crippen LogP contribution in [-0.4, -0.2) is 20.5 Å². The van der Waals surface area contributed by atoms with Gasteiger partial charge in [-0.3, -0.25) is 4.79 Å². The fourth-order valence-corrected chi connectivity index (χ4v) is 2.79. The van der Waals surface area contributed by atoms with Gasteiger partial charge in [-0.1, -0.05) is 31.2 Å². The zero-order valence-corrected chi connectivity index (χ0v) is 13.4. The predicted molar refractivity (Wildman–Crippen MR) is 90.7 cm³/mol. The maximum absolute atomic E-state index is 11.0. The molecule has 2 aromatic heterocycles. The molecule has 0 atom stereocenters. The van der Waals surface area contributed by atoms with Crippen LogP contribution in [-0.2, 0) is 17.6 Å². The Morgan fingerprint density at radius 2 is 1.96 bits per heavy atom. The van der Waals surface area contributed by atoms with E-state index >= 15 is 0 Å². The maximum Gasteiger partial charge on any atom is 0.303 e. The second-order valence-electron chi connectivity index (χ2n) is 5.78. The van der Waals surface area contributed by atoms with Crippen LogP contribution in [0.1, 0.15) is 30.2 Å². The molecular weight excluding hydrogens is 288 g/mol. The zero-order valence-electron chi connectivity index (χ0n) is 13.4. The highest BCUT2D eigenvalue weighted by Crippen LogP contribution is 2.26. The number of benzene rings is 1. The number of hydrogen-bond donors (Lipinski definition) is 1. The SMILES string of the molecule is CCc1ccc(-c2nc3cc(C)ccn3c2CCC(=O)O)cc1. The average molecular weight is 308 g/mol. The number of pyridine rings is 1. The molecule has 118 valence electrons. The quantitative estimate of drug-likeness (QED) is 0.778. The summed E-state index contributed by atoms with van der Waals surface area (Å²) in [5.74, 6) is -0.792. The zero-order chi connectivity index (χ0) is 16.4. The van der Waals surface area contributed by atoms with Crippen molar-refractivity contribution in [1.29, 1.82) is 0 Å². The Morgan fingerprint density at radius 3 is 2.61 bits per heavy atom. The summed E-state index contributed by atoms with van der Waals surface area (Å²) in [6.07, 6.45) is 3.53.